The fourth-order valence-corrected chi connectivity index (χ4v) is 2.48. The predicted octanol–water partition coefficient (Wildman–Crippen LogP) is 2.57. The summed E-state index contributed by atoms with van der Waals surface area (Å²) in [5.74, 6) is -0.115. The van der Waals surface area contributed by atoms with Crippen LogP contribution in [0.4, 0.5) is 0 Å². The zero-order valence-corrected chi connectivity index (χ0v) is 13.7. The number of nitrogens with one attached hydrogen (secondary N) is 1. The SMILES string of the molecule is CCCCN(CC(C)(NCCC)C(=O)OCC)C1CC1. The van der Waals surface area contributed by atoms with Crippen molar-refractivity contribution in [1.82, 2.24) is 10.2 Å². The molecule has 1 atom stereocenters. The number of esters is 1. The van der Waals surface area contributed by atoms with Gasteiger partial charge in [0.1, 0.15) is 5.54 Å². The first-order chi connectivity index (χ1) is 9.57. The minimum atomic E-state index is -0.581. The van der Waals surface area contributed by atoms with Crippen LogP contribution in [-0.2, 0) is 9.53 Å². The Kier molecular flexibility index (Phi) is 7.52. The first-order valence-corrected chi connectivity index (χ1v) is 8.23. The molecule has 1 saturated carbocycles. The summed E-state index contributed by atoms with van der Waals surface area (Å²) in [6.45, 7) is 11.3. The molecule has 0 aromatic heterocycles. The van der Waals surface area contributed by atoms with Crippen molar-refractivity contribution in [3.05, 3.63) is 0 Å². The summed E-state index contributed by atoms with van der Waals surface area (Å²) < 4.78 is 5.28. The second kappa shape index (κ2) is 8.63. The van der Waals surface area contributed by atoms with Gasteiger partial charge in [0, 0.05) is 12.6 Å². The highest BCUT2D eigenvalue weighted by Crippen LogP contribution is 2.28. The maximum atomic E-state index is 12.3. The molecule has 0 saturated heterocycles. The Morgan fingerprint density at radius 2 is 2.00 bits per heavy atom. The van der Waals surface area contributed by atoms with E-state index in [1.165, 1.54) is 25.7 Å². The molecule has 0 radical (unpaired) electrons. The molecule has 1 fully saturated rings. The van der Waals surface area contributed by atoms with Gasteiger partial charge in [0.2, 0.25) is 0 Å². The van der Waals surface area contributed by atoms with Crippen LogP contribution in [0.2, 0.25) is 0 Å². The van der Waals surface area contributed by atoms with E-state index >= 15 is 0 Å². The Bertz CT molecular complexity index is 292. The summed E-state index contributed by atoms with van der Waals surface area (Å²) in [4.78, 5) is 14.8. The van der Waals surface area contributed by atoms with Gasteiger partial charge in [-0.05, 0) is 52.6 Å². The number of nitrogens with zero attached hydrogens (tertiary/aromatic N) is 1. The third-order valence-electron chi connectivity index (χ3n) is 3.87. The van der Waals surface area contributed by atoms with Crippen molar-refractivity contribution >= 4 is 5.97 Å². The number of carbonyl (C=O) groups is 1. The summed E-state index contributed by atoms with van der Waals surface area (Å²) in [6.07, 6.45) is 5.96. The van der Waals surface area contributed by atoms with Gasteiger partial charge in [-0.25, -0.2) is 0 Å². The molecule has 0 aliphatic heterocycles. The minimum absolute atomic E-state index is 0.115. The van der Waals surface area contributed by atoms with Crippen LogP contribution in [0.25, 0.3) is 0 Å². The Hall–Kier alpha value is -0.610. The van der Waals surface area contributed by atoms with E-state index in [1.807, 2.05) is 13.8 Å². The van der Waals surface area contributed by atoms with E-state index in [2.05, 4.69) is 24.1 Å². The molecule has 1 N–H and O–H groups in total. The van der Waals surface area contributed by atoms with Crippen LogP contribution in [0.5, 0.6) is 0 Å². The van der Waals surface area contributed by atoms with E-state index in [9.17, 15) is 4.79 Å². The monoisotopic (exact) mass is 284 g/mol. The zero-order valence-electron chi connectivity index (χ0n) is 13.7. The highest BCUT2D eigenvalue weighted by Gasteiger charge is 2.39. The van der Waals surface area contributed by atoms with Crippen molar-refractivity contribution in [3.63, 3.8) is 0 Å². The van der Waals surface area contributed by atoms with Gasteiger partial charge < -0.3 is 10.1 Å². The van der Waals surface area contributed by atoms with Crippen LogP contribution < -0.4 is 5.32 Å². The standard InChI is InChI=1S/C16H32N2O2/c1-5-8-12-18(14-9-10-14)13-16(4,17-11-6-2)15(19)20-7-3/h14,17H,5-13H2,1-4H3. The molecule has 0 spiro atoms. The fraction of sp³-hybridized carbons (Fsp3) is 0.938. The van der Waals surface area contributed by atoms with Crippen LogP contribution >= 0.6 is 0 Å². The average Bonchev–Trinajstić information content (AvgIpc) is 3.26. The van der Waals surface area contributed by atoms with E-state index < -0.39 is 5.54 Å². The Morgan fingerprint density at radius 3 is 2.50 bits per heavy atom. The number of carbonyl (C=O) groups excluding carboxylic acids is 1. The lowest BCUT2D eigenvalue weighted by atomic mass is 10.0. The molecular weight excluding hydrogens is 252 g/mol. The summed E-state index contributed by atoms with van der Waals surface area (Å²) in [7, 11) is 0. The molecule has 4 heteroatoms. The van der Waals surface area contributed by atoms with Crippen LogP contribution in [0.1, 0.15) is 59.8 Å². The van der Waals surface area contributed by atoms with E-state index in [1.54, 1.807) is 0 Å². The van der Waals surface area contributed by atoms with E-state index in [-0.39, 0.29) is 5.97 Å². The van der Waals surface area contributed by atoms with E-state index in [4.69, 9.17) is 4.74 Å². The van der Waals surface area contributed by atoms with Gasteiger partial charge in [-0.1, -0.05) is 20.3 Å². The molecule has 0 amide bonds. The van der Waals surface area contributed by atoms with Gasteiger partial charge in [0.05, 0.1) is 6.61 Å². The van der Waals surface area contributed by atoms with Crippen molar-refractivity contribution in [2.24, 2.45) is 0 Å². The number of hydrogen-bond acceptors (Lipinski definition) is 4. The maximum Gasteiger partial charge on any atom is 0.327 e. The highest BCUT2D eigenvalue weighted by atomic mass is 16.5. The van der Waals surface area contributed by atoms with Crippen molar-refractivity contribution in [3.8, 4) is 0 Å². The lowest BCUT2D eigenvalue weighted by Gasteiger charge is -2.34. The summed E-state index contributed by atoms with van der Waals surface area (Å²) in [5, 5.41) is 3.40. The molecule has 0 heterocycles. The molecule has 1 aliphatic carbocycles. The Morgan fingerprint density at radius 1 is 1.30 bits per heavy atom. The van der Waals surface area contributed by atoms with Gasteiger partial charge in [0.25, 0.3) is 0 Å². The second-order valence-electron chi connectivity index (χ2n) is 6.03. The number of ether oxygens (including phenoxy) is 1. The van der Waals surface area contributed by atoms with Crippen LogP contribution in [0, 0.1) is 0 Å². The number of rotatable bonds is 11. The summed E-state index contributed by atoms with van der Waals surface area (Å²) in [5.41, 5.74) is -0.581. The van der Waals surface area contributed by atoms with Crippen LogP contribution in [0.3, 0.4) is 0 Å². The second-order valence-corrected chi connectivity index (χ2v) is 6.03. The third-order valence-corrected chi connectivity index (χ3v) is 3.87. The van der Waals surface area contributed by atoms with Gasteiger partial charge in [0.15, 0.2) is 0 Å². The molecule has 4 nitrogen and oxygen atoms in total. The normalized spacial score (nSPS) is 18.1. The molecular formula is C16H32N2O2. The van der Waals surface area contributed by atoms with Gasteiger partial charge in [-0.15, -0.1) is 0 Å². The third kappa shape index (κ3) is 5.41. The molecule has 0 aromatic carbocycles. The molecule has 0 aromatic rings. The molecule has 0 bridgehead atoms. The van der Waals surface area contributed by atoms with E-state index in [0.29, 0.717) is 12.6 Å². The molecule has 1 aliphatic rings. The maximum absolute atomic E-state index is 12.3. The average molecular weight is 284 g/mol. The minimum Gasteiger partial charge on any atom is -0.465 e. The Labute approximate surface area is 124 Å². The molecule has 118 valence electrons. The Balaban J connectivity index is 2.66. The summed E-state index contributed by atoms with van der Waals surface area (Å²) in [6, 6.07) is 0.679. The fourth-order valence-electron chi connectivity index (χ4n) is 2.48. The topological polar surface area (TPSA) is 41.6 Å². The molecule has 1 rings (SSSR count). The van der Waals surface area contributed by atoms with Gasteiger partial charge in [-0.3, -0.25) is 9.69 Å². The first-order valence-electron chi connectivity index (χ1n) is 8.23. The van der Waals surface area contributed by atoms with Crippen molar-refractivity contribution in [2.75, 3.05) is 26.2 Å². The van der Waals surface area contributed by atoms with Gasteiger partial charge in [-0.2, -0.15) is 0 Å². The highest BCUT2D eigenvalue weighted by molar-refractivity contribution is 5.80. The van der Waals surface area contributed by atoms with Crippen molar-refractivity contribution in [1.29, 1.82) is 0 Å². The molecule has 20 heavy (non-hydrogen) atoms. The number of unbranched alkanes of at least 4 members (excludes halogenated alkanes) is 1. The van der Waals surface area contributed by atoms with Crippen LogP contribution in [0.15, 0.2) is 0 Å². The first kappa shape index (κ1) is 17.4. The number of hydrogen-bond donors (Lipinski definition) is 1. The largest absolute Gasteiger partial charge is 0.465 e. The lowest BCUT2D eigenvalue weighted by Crippen LogP contribution is -2.58. The zero-order chi connectivity index (χ0) is 15.0. The smallest absolute Gasteiger partial charge is 0.327 e. The quantitative estimate of drug-likeness (QED) is 0.592. The van der Waals surface area contributed by atoms with Crippen molar-refractivity contribution < 1.29 is 9.53 Å². The lowest BCUT2D eigenvalue weighted by molar-refractivity contribution is -0.151. The molecule has 1 unspecified atom stereocenters. The summed E-state index contributed by atoms with van der Waals surface area (Å²) >= 11 is 0. The van der Waals surface area contributed by atoms with E-state index in [0.717, 1.165) is 26.1 Å². The predicted molar refractivity (Wildman–Crippen MR) is 82.8 cm³/mol. The van der Waals surface area contributed by atoms with Crippen LogP contribution in [-0.4, -0.2) is 48.7 Å². The van der Waals surface area contributed by atoms with Crippen molar-refractivity contribution in [2.45, 2.75) is 71.4 Å². The van der Waals surface area contributed by atoms with Gasteiger partial charge >= 0.3 is 5.97 Å².